The zero-order chi connectivity index (χ0) is 14.5. The Morgan fingerprint density at radius 1 is 1.25 bits per heavy atom. The van der Waals surface area contributed by atoms with E-state index in [-0.39, 0.29) is 18.3 Å². The molecule has 0 bridgehead atoms. The number of aliphatic hydroxyl groups is 1. The number of hydrogen-bond donors (Lipinski definition) is 1. The van der Waals surface area contributed by atoms with Gasteiger partial charge in [0, 0.05) is 30.7 Å². The van der Waals surface area contributed by atoms with Gasteiger partial charge in [0.2, 0.25) is 0 Å². The molecule has 0 saturated carbocycles. The molecule has 1 aromatic rings. The minimum atomic E-state index is -0.133. The Labute approximate surface area is 118 Å². The maximum Gasteiger partial charge on any atom is 0.250 e. The van der Waals surface area contributed by atoms with Crippen LogP contribution in [0.5, 0.6) is 0 Å². The van der Waals surface area contributed by atoms with Gasteiger partial charge in [-0.1, -0.05) is 30.3 Å². The molecule has 0 aliphatic heterocycles. The van der Waals surface area contributed by atoms with E-state index in [9.17, 15) is 9.59 Å². The maximum atomic E-state index is 12.5. The van der Waals surface area contributed by atoms with E-state index in [0.717, 1.165) is 5.56 Å². The molecule has 1 N–H and O–H groups in total. The number of benzene rings is 1. The van der Waals surface area contributed by atoms with Crippen LogP contribution in [0.3, 0.4) is 0 Å². The number of carbonyl (C=O) groups excluding carboxylic acids is 2. The first-order valence-corrected chi connectivity index (χ1v) is 6.91. The molecule has 4 heteroatoms. The summed E-state index contributed by atoms with van der Waals surface area (Å²) in [4.78, 5) is 26.2. The van der Waals surface area contributed by atoms with Gasteiger partial charge in [0.05, 0.1) is 6.61 Å². The first-order valence-electron chi connectivity index (χ1n) is 6.91. The lowest BCUT2D eigenvalue weighted by Crippen LogP contribution is -2.34. The predicted molar refractivity (Wildman–Crippen MR) is 76.9 cm³/mol. The number of allylic oxidation sites excluding steroid dienone is 1. The number of ketones is 1. The molecular weight excluding hydrogens is 254 g/mol. The molecule has 0 radical (unpaired) electrons. The van der Waals surface area contributed by atoms with Crippen LogP contribution in [0, 0.1) is 0 Å². The fraction of sp³-hybridized carbons (Fsp3) is 0.375. The Bertz CT molecular complexity index is 534. The van der Waals surface area contributed by atoms with Gasteiger partial charge in [0.1, 0.15) is 0 Å². The van der Waals surface area contributed by atoms with E-state index in [4.69, 9.17) is 5.11 Å². The smallest absolute Gasteiger partial charge is 0.250 e. The number of aliphatic hydroxyl groups excluding tert-OH is 1. The number of nitrogens with zero attached hydrogens (tertiary/aromatic N) is 1. The molecular formula is C16H19NO3. The molecule has 1 aliphatic carbocycles. The van der Waals surface area contributed by atoms with Crippen LogP contribution in [0.1, 0.15) is 25.3 Å². The van der Waals surface area contributed by atoms with Crippen molar-refractivity contribution in [2.45, 2.75) is 19.8 Å². The fourth-order valence-electron chi connectivity index (χ4n) is 2.53. The van der Waals surface area contributed by atoms with Crippen molar-refractivity contribution >= 4 is 17.3 Å². The molecule has 0 spiro atoms. The predicted octanol–water partition coefficient (Wildman–Crippen LogP) is 1.64. The Hall–Kier alpha value is -1.94. The van der Waals surface area contributed by atoms with Gasteiger partial charge in [0.25, 0.3) is 5.91 Å². The Kier molecular flexibility index (Phi) is 4.69. The normalized spacial score (nSPS) is 14.8. The summed E-state index contributed by atoms with van der Waals surface area (Å²) in [5.74, 6) is -0.106. The van der Waals surface area contributed by atoms with E-state index < -0.39 is 0 Å². The molecule has 0 fully saturated rings. The standard InChI is InChI=1S/C16H19NO3/c1-2-17(10-11-18)16(20)13-8-9-14(19)15(13)12-6-4-3-5-7-12/h3-7,18H,2,8-11H2,1H3. The minimum absolute atomic E-state index is 0.0274. The van der Waals surface area contributed by atoms with Crippen LogP contribution in [0.25, 0.3) is 5.57 Å². The highest BCUT2D eigenvalue weighted by atomic mass is 16.3. The van der Waals surface area contributed by atoms with Crippen LogP contribution in [0.4, 0.5) is 0 Å². The number of carbonyl (C=O) groups is 2. The second kappa shape index (κ2) is 6.48. The van der Waals surface area contributed by atoms with Crippen LogP contribution in [0.2, 0.25) is 0 Å². The molecule has 1 amide bonds. The Morgan fingerprint density at radius 3 is 2.55 bits per heavy atom. The lowest BCUT2D eigenvalue weighted by Gasteiger charge is -2.21. The monoisotopic (exact) mass is 273 g/mol. The van der Waals surface area contributed by atoms with Crippen molar-refractivity contribution in [2.24, 2.45) is 0 Å². The lowest BCUT2D eigenvalue weighted by atomic mass is 10.0. The van der Waals surface area contributed by atoms with Crippen LogP contribution in [-0.2, 0) is 9.59 Å². The van der Waals surface area contributed by atoms with E-state index in [0.29, 0.717) is 37.1 Å². The summed E-state index contributed by atoms with van der Waals surface area (Å²) in [5, 5.41) is 9.02. The SMILES string of the molecule is CCN(CCO)C(=O)C1=C(c2ccccc2)C(=O)CC1. The number of amides is 1. The molecule has 0 unspecified atom stereocenters. The molecule has 1 aliphatic rings. The highest BCUT2D eigenvalue weighted by Crippen LogP contribution is 2.32. The maximum absolute atomic E-state index is 12.5. The summed E-state index contributed by atoms with van der Waals surface area (Å²) in [6.07, 6.45) is 0.881. The van der Waals surface area contributed by atoms with E-state index in [2.05, 4.69) is 0 Å². The minimum Gasteiger partial charge on any atom is -0.395 e. The van der Waals surface area contributed by atoms with Crippen molar-refractivity contribution in [1.82, 2.24) is 4.90 Å². The van der Waals surface area contributed by atoms with Gasteiger partial charge in [0.15, 0.2) is 5.78 Å². The van der Waals surface area contributed by atoms with Crippen molar-refractivity contribution in [3.05, 3.63) is 41.5 Å². The average Bonchev–Trinajstić information content (AvgIpc) is 2.86. The summed E-state index contributed by atoms with van der Waals surface area (Å²) in [6, 6.07) is 9.32. The van der Waals surface area contributed by atoms with Crippen molar-refractivity contribution < 1.29 is 14.7 Å². The second-order valence-electron chi connectivity index (χ2n) is 4.75. The lowest BCUT2D eigenvalue weighted by molar-refractivity contribution is -0.127. The molecule has 20 heavy (non-hydrogen) atoms. The highest BCUT2D eigenvalue weighted by molar-refractivity contribution is 6.29. The van der Waals surface area contributed by atoms with Gasteiger partial charge in [-0.25, -0.2) is 0 Å². The van der Waals surface area contributed by atoms with Crippen molar-refractivity contribution in [1.29, 1.82) is 0 Å². The van der Waals surface area contributed by atoms with Crippen LogP contribution in [-0.4, -0.2) is 41.4 Å². The highest BCUT2D eigenvalue weighted by Gasteiger charge is 2.30. The van der Waals surface area contributed by atoms with Gasteiger partial charge >= 0.3 is 0 Å². The number of Topliss-reactive ketones (excluding diaryl/α,β-unsaturated/α-hetero) is 1. The third-order valence-corrected chi connectivity index (χ3v) is 3.54. The Balaban J connectivity index is 2.38. The second-order valence-corrected chi connectivity index (χ2v) is 4.75. The summed E-state index contributed by atoms with van der Waals surface area (Å²) in [5.41, 5.74) is 1.93. The number of rotatable bonds is 5. The molecule has 4 nitrogen and oxygen atoms in total. The van der Waals surface area contributed by atoms with Crippen LogP contribution < -0.4 is 0 Å². The molecule has 0 atom stereocenters. The summed E-state index contributed by atoms with van der Waals surface area (Å²) >= 11 is 0. The van der Waals surface area contributed by atoms with Gasteiger partial charge in [-0.2, -0.15) is 0 Å². The zero-order valence-electron chi connectivity index (χ0n) is 11.6. The van der Waals surface area contributed by atoms with Crippen molar-refractivity contribution in [3.63, 3.8) is 0 Å². The van der Waals surface area contributed by atoms with Gasteiger partial charge in [-0.15, -0.1) is 0 Å². The van der Waals surface area contributed by atoms with Gasteiger partial charge < -0.3 is 10.0 Å². The van der Waals surface area contributed by atoms with E-state index >= 15 is 0 Å². The largest absolute Gasteiger partial charge is 0.395 e. The quantitative estimate of drug-likeness (QED) is 0.887. The van der Waals surface area contributed by atoms with Crippen LogP contribution in [0.15, 0.2) is 35.9 Å². The molecule has 1 aromatic carbocycles. The van der Waals surface area contributed by atoms with Crippen molar-refractivity contribution in [2.75, 3.05) is 19.7 Å². The van der Waals surface area contributed by atoms with E-state index in [1.807, 2.05) is 37.3 Å². The van der Waals surface area contributed by atoms with E-state index in [1.54, 1.807) is 4.90 Å². The molecule has 0 aromatic heterocycles. The van der Waals surface area contributed by atoms with Crippen LogP contribution >= 0.6 is 0 Å². The van der Waals surface area contributed by atoms with Gasteiger partial charge in [-0.05, 0) is 18.9 Å². The molecule has 0 saturated heterocycles. The summed E-state index contributed by atoms with van der Waals surface area (Å²) < 4.78 is 0. The molecule has 0 heterocycles. The Morgan fingerprint density at radius 2 is 1.95 bits per heavy atom. The number of likely N-dealkylation sites (N-methyl/N-ethyl adjacent to an activating group) is 1. The first-order chi connectivity index (χ1) is 9.69. The molecule has 106 valence electrons. The third kappa shape index (κ3) is 2.80. The van der Waals surface area contributed by atoms with E-state index in [1.165, 1.54) is 0 Å². The third-order valence-electron chi connectivity index (χ3n) is 3.54. The van der Waals surface area contributed by atoms with Gasteiger partial charge in [-0.3, -0.25) is 9.59 Å². The summed E-state index contributed by atoms with van der Waals surface area (Å²) in [7, 11) is 0. The first kappa shape index (κ1) is 14.5. The zero-order valence-corrected chi connectivity index (χ0v) is 11.6. The summed E-state index contributed by atoms with van der Waals surface area (Å²) in [6.45, 7) is 2.63. The number of hydrogen-bond acceptors (Lipinski definition) is 3. The topological polar surface area (TPSA) is 57.6 Å². The molecule has 2 rings (SSSR count). The average molecular weight is 273 g/mol. The fourth-order valence-corrected chi connectivity index (χ4v) is 2.53. The van der Waals surface area contributed by atoms with Crippen molar-refractivity contribution in [3.8, 4) is 0 Å².